The van der Waals surface area contributed by atoms with E-state index < -0.39 is 23.4 Å². The third kappa shape index (κ3) is 2.97. The summed E-state index contributed by atoms with van der Waals surface area (Å²) in [6.07, 6.45) is -1.81. The van der Waals surface area contributed by atoms with Crippen LogP contribution in [0.15, 0.2) is 0 Å². The molecule has 22 heavy (non-hydrogen) atoms. The van der Waals surface area contributed by atoms with Crippen molar-refractivity contribution in [3.63, 3.8) is 0 Å². The fourth-order valence-electron chi connectivity index (χ4n) is 2.95. The van der Waals surface area contributed by atoms with Crippen LogP contribution in [0.3, 0.4) is 0 Å². The summed E-state index contributed by atoms with van der Waals surface area (Å²) in [5, 5.41) is 13.3. The van der Waals surface area contributed by atoms with Crippen LogP contribution in [0.4, 0.5) is 13.2 Å². The maximum absolute atomic E-state index is 13.3. The van der Waals surface area contributed by atoms with Gasteiger partial charge in [-0.3, -0.25) is 4.68 Å². The summed E-state index contributed by atoms with van der Waals surface area (Å²) >= 11 is 0. The molecule has 2 aliphatic rings. The van der Waals surface area contributed by atoms with Crippen molar-refractivity contribution in [2.75, 3.05) is 13.2 Å². The molecule has 0 amide bonds. The summed E-state index contributed by atoms with van der Waals surface area (Å²) in [7, 11) is 0. The van der Waals surface area contributed by atoms with E-state index in [9.17, 15) is 23.1 Å². The first-order valence-electron chi connectivity index (χ1n) is 7.37. The molecule has 2 fully saturated rings. The second kappa shape index (κ2) is 5.57. The number of nitrogens with zero attached hydrogens (tertiary/aromatic N) is 2. The van der Waals surface area contributed by atoms with Crippen molar-refractivity contribution in [3.8, 4) is 0 Å². The number of carbonyl (C=O) groups is 1. The van der Waals surface area contributed by atoms with Gasteiger partial charge >= 0.3 is 12.1 Å². The van der Waals surface area contributed by atoms with Crippen LogP contribution in [0.2, 0.25) is 0 Å². The zero-order valence-corrected chi connectivity index (χ0v) is 11.9. The molecule has 1 aliphatic carbocycles. The molecule has 0 spiro atoms. The summed E-state index contributed by atoms with van der Waals surface area (Å²) in [5.41, 5.74) is -1.92. The normalized spacial score (nSPS) is 22.8. The smallest absolute Gasteiger partial charge is 0.420 e. The van der Waals surface area contributed by atoms with E-state index >= 15 is 0 Å². The maximum Gasteiger partial charge on any atom is 0.420 e. The third-order valence-corrected chi connectivity index (χ3v) is 4.12. The lowest BCUT2D eigenvalue weighted by atomic mass is 10.0. The second-order valence-electron chi connectivity index (χ2n) is 5.95. The Morgan fingerprint density at radius 1 is 1.36 bits per heavy atom. The number of hydrogen-bond donors (Lipinski definition) is 1. The van der Waals surface area contributed by atoms with Crippen LogP contribution in [0.25, 0.3) is 0 Å². The van der Waals surface area contributed by atoms with Gasteiger partial charge in [-0.2, -0.15) is 18.3 Å². The van der Waals surface area contributed by atoms with Gasteiger partial charge in [0.2, 0.25) is 0 Å². The van der Waals surface area contributed by atoms with Gasteiger partial charge in [0.15, 0.2) is 5.69 Å². The molecule has 1 N–H and O–H groups in total. The molecular formula is C14H17F3N2O3. The second-order valence-corrected chi connectivity index (χ2v) is 5.95. The van der Waals surface area contributed by atoms with E-state index in [1.165, 1.54) is 0 Å². The van der Waals surface area contributed by atoms with Crippen molar-refractivity contribution in [2.45, 2.75) is 44.3 Å². The molecule has 122 valence electrons. The van der Waals surface area contributed by atoms with E-state index in [4.69, 9.17) is 4.74 Å². The molecule has 1 aromatic heterocycles. The van der Waals surface area contributed by atoms with E-state index in [0.29, 0.717) is 26.1 Å². The average Bonchev–Trinajstić information content (AvgIpc) is 3.20. The highest BCUT2D eigenvalue weighted by Gasteiger charge is 2.46. The van der Waals surface area contributed by atoms with Crippen molar-refractivity contribution >= 4 is 5.97 Å². The van der Waals surface area contributed by atoms with Crippen LogP contribution >= 0.6 is 0 Å². The lowest BCUT2D eigenvalue weighted by molar-refractivity contribution is -0.138. The standard InChI is InChI=1S/C14H17F3N2O3/c15-14(16,17)10-11(9-3-4-9)18-19(12(10)13(20)21)6-8-2-1-5-22-7-8/h8-9H,1-7H2,(H,20,21). The van der Waals surface area contributed by atoms with Crippen LogP contribution in [0.5, 0.6) is 0 Å². The Bertz CT molecular complexity index is 573. The third-order valence-electron chi connectivity index (χ3n) is 4.12. The lowest BCUT2D eigenvalue weighted by Gasteiger charge is -2.22. The summed E-state index contributed by atoms with van der Waals surface area (Å²) in [5.74, 6) is -1.85. The molecule has 2 heterocycles. The first kappa shape index (κ1) is 15.3. The largest absolute Gasteiger partial charge is 0.477 e. The van der Waals surface area contributed by atoms with Gasteiger partial charge in [0.05, 0.1) is 12.3 Å². The molecular weight excluding hydrogens is 301 g/mol. The highest BCUT2D eigenvalue weighted by Crippen LogP contribution is 2.46. The van der Waals surface area contributed by atoms with Gasteiger partial charge in [0.25, 0.3) is 0 Å². The maximum atomic E-state index is 13.3. The zero-order chi connectivity index (χ0) is 15.9. The molecule has 1 unspecified atom stereocenters. The van der Waals surface area contributed by atoms with Gasteiger partial charge in [0.1, 0.15) is 5.56 Å². The number of rotatable bonds is 4. The lowest BCUT2D eigenvalue weighted by Crippen LogP contribution is -2.25. The number of halogens is 3. The molecule has 8 heteroatoms. The number of alkyl halides is 3. The molecule has 1 atom stereocenters. The van der Waals surface area contributed by atoms with E-state index in [-0.39, 0.29) is 24.1 Å². The van der Waals surface area contributed by atoms with Gasteiger partial charge in [-0.15, -0.1) is 0 Å². The van der Waals surface area contributed by atoms with Crippen LogP contribution in [-0.2, 0) is 17.5 Å². The number of carboxylic acid groups (broad SMARTS) is 1. The number of aromatic nitrogens is 2. The highest BCUT2D eigenvalue weighted by atomic mass is 19.4. The Labute approximate surface area is 125 Å². The monoisotopic (exact) mass is 318 g/mol. The average molecular weight is 318 g/mol. The Balaban J connectivity index is 1.99. The predicted octanol–water partition coefficient (Wildman–Crippen LogP) is 2.90. The Kier molecular flexibility index (Phi) is 3.88. The van der Waals surface area contributed by atoms with Gasteiger partial charge in [-0.1, -0.05) is 0 Å². The number of carboxylic acids is 1. The quantitative estimate of drug-likeness (QED) is 0.927. The fraction of sp³-hybridized carbons (Fsp3) is 0.714. The van der Waals surface area contributed by atoms with Crippen LogP contribution in [0, 0.1) is 5.92 Å². The molecule has 0 bridgehead atoms. The summed E-state index contributed by atoms with van der Waals surface area (Å²) < 4.78 is 46.3. The minimum Gasteiger partial charge on any atom is -0.477 e. The minimum atomic E-state index is -4.70. The zero-order valence-electron chi connectivity index (χ0n) is 11.9. The molecule has 0 aromatic carbocycles. The van der Waals surface area contributed by atoms with E-state index in [1.807, 2.05) is 0 Å². The molecule has 1 saturated carbocycles. The Hall–Kier alpha value is -1.57. The first-order valence-corrected chi connectivity index (χ1v) is 7.37. The molecule has 3 rings (SSSR count). The molecule has 1 saturated heterocycles. The van der Waals surface area contributed by atoms with E-state index in [2.05, 4.69) is 5.10 Å². The number of aromatic carboxylic acids is 1. The summed E-state index contributed by atoms with van der Waals surface area (Å²) in [4.78, 5) is 11.4. The van der Waals surface area contributed by atoms with Crippen molar-refractivity contribution < 1.29 is 27.8 Å². The van der Waals surface area contributed by atoms with E-state index in [0.717, 1.165) is 17.5 Å². The van der Waals surface area contributed by atoms with Crippen LogP contribution < -0.4 is 0 Å². The van der Waals surface area contributed by atoms with Crippen molar-refractivity contribution in [1.82, 2.24) is 9.78 Å². The van der Waals surface area contributed by atoms with Gasteiger partial charge in [-0.05, 0) is 25.7 Å². The first-order chi connectivity index (χ1) is 10.4. The number of ether oxygens (including phenoxy) is 1. The minimum absolute atomic E-state index is 0.000105. The van der Waals surface area contributed by atoms with Crippen LogP contribution in [-0.4, -0.2) is 34.1 Å². The van der Waals surface area contributed by atoms with Crippen molar-refractivity contribution in [1.29, 1.82) is 0 Å². The van der Waals surface area contributed by atoms with Gasteiger partial charge < -0.3 is 9.84 Å². The molecule has 1 aromatic rings. The topological polar surface area (TPSA) is 64.3 Å². The van der Waals surface area contributed by atoms with Gasteiger partial charge in [-0.25, -0.2) is 4.79 Å². The molecule has 1 aliphatic heterocycles. The molecule has 5 nitrogen and oxygen atoms in total. The summed E-state index contributed by atoms with van der Waals surface area (Å²) in [6.45, 7) is 1.22. The SMILES string of the molecule is O=C(O)c1c(C(F)(F)F)c(C2CC2)nn1CC1CCCOC1. The summed E-state index contributed by atoms with van der Waals surface area (Å²) in [6, 6.07) is 0. The number of hydrogen-bond acceptors (Lipinski definition) is 3. The van der Waals surface area contributed by atoms with E-state index in [1.54, 1.807) is 0 Å². The highest BCUT2D eigenvalue weighted by molar-refractivity contribution is 5.88. The fourth-order valence-corrected chi connectivity index (χ4v) is 2.95. The Morgan fingerprint density at radius 3 is 2.59 bits per heavy atom. The van der Waals surface area contributed by atoms with Crippen molar-refractivity contribution in [2.24, 2.45) is 5.92 Å². The van der Waals surface area contributed by atoms with Gasteiger partial charge in [0, 0.05) is 25.0 Å². The Morgan fingerprint density at radius 2 is 2.09 bits per heavy atom. The molecule has 0 radical (unpaired) electrons. The van der Waals surface area contributed by atoms with Crippen molar-refractivity contribution in [3.05, 3.63) is 17.0 Å². The van der Waals surface area contributed by atoms with Crippen LogP contribution in [0.1, 0.15) is 53.3 Å². The predicted molar refractivity (Wildman–Crippen MR) is 69.7 cm³/mol.